The van der Waals surface area contributed by atoms with Crippen molar-refractivity contribution < 1.29 is 84.4 Å². The Kier molecular flexibility index (Phi) is 18.2. The predicted octanol–water partition coefficient (Wildman–Crippen LogP) is 3.86. The normalized spacial score (nSPS) is 26.5. The zero-order valence-corrected chi connectivity index (χ0v) is 47.3. The highest BCUT2D eigenvalue weighted by atomic mass is 32.5. The Morgan fingerprint density at radius 1 is 0.786 bits per heavy atom. The summed E-state index contributed by atoms with van der Waals surface area (Å²) < 4.78 is 80.4. The van der Waals surface area contributed by atoms with Crippen LogP contribution in [0.2, 0.25) is 0 Å². The van der Waals surface area contributed by atoms with Crippen LogP contribution in [-0.2, 0) is 92.9 Å². The van der Waals surface area contributed by atoms with Crippen molar-refractivity contribution in [3.05, 3.63) is 103 Å². The highest BCUT2D eigenvalue weighted by molar-refractivity contribution is 8.07. The summed E-state index contributed by atoms with van der Waals surface area (Å²) >= 11 is 10.5. The van der Waals surface area contributed by atoms with Gasteiger partial charge in [0, 0.05) is 50.2 Å². The summed E-state index contributed by atoms with van der Waals surface area (Å²) in [6, 6.07) is 15.6. The molecule has 10 rings (SSSR count). The summed E-state index contributed by atoms with van der Waals surface area (Å²) in [4.78, 5) is 125. The van der Waals surface area contributed by atoms with E-state index in [1.165, 1.54) is 17.9 Å². The molecule has 29 nitrogen and oxygen atoms in total. The van der Waals surface area contributed by atoms with Crippen molar-refractivity contribution in [3.63, 3.8) is 0 Å². The molecule has 0 saturated carbocycles. The van der Waals surface area contributed by atoms with Gasteiger partial charge in [-0.05, 0) is 53.3 Å². The van der Waals surface area contributed by atoms with Crippen LogP contribution in [0.15, 0.2) is 92.1 Å². The monoisotopic (exact) mass is 1240 g/mol. The molecular weight excluding hydrogens is 1190 g/mol. The van der Waals surface area contributed by atoms with Crippen molar-refractivity contribution in [2.24, 2.45) is 5.92 Å². The lowest BCUT2D eigenvalue weighted by molar-refractivity contribution is -0.137. The minimum atomic E-state index is -4.42. The number of Topliss-reactive ketones (excluding diaryl/α,β-unsaturated/α-hetero) is 1. The molecule has 0 radical (unpaired) electrons. The summed E-state index contributed by atoms with van der Waals surface area (Å²) in [5.74, 6) is -2.61. The number of nitrogens with one attached hydrogen (secondary N) is 2. The molecule has 0 aliphatic carbocycles. The van der Waals surface area contributed by atoms with Crippen LogP contribution in [0.4, 0.5) is 35.7 Å². The number of imide groups is 1. The van der Waals surface area contributed by atoms with Crippen molar-refractivity contribution in [1.29, 1.82) is 0 Å². The number of nitrogen functional groups attached to an aromatic ring is 1. The number of hydrogen-bond acceptors (Lipinski definition) is 23. The van der Waals surface area contributed by atoms with Gasteiger partial charge in [-0.25, -0.2) is 48.3 Å². The van der Waals surface area contributed by atoms with E-state index in [9.17, 15) is 38.6 Å². The summed E-state index contributed by atoms with van der Waals surface area (Å²) in [5, 5.41) is 5.27. The van der Waals surface area contributed by atoms with Crippen molar-refractivity contribution in [2.45, 2.75) is 75.1 Å². The topological polar surface area (TPSA) is 360 Å². The number of hydrogen-bond donors (Lipinski definition) is 5. The van der Waals surface area contributed by atoms with Gasteiger partial charge in [0.05, 0.1) is 32.4 Å². The van der Waals surface area contributed by atoms with Gasteiger partial charge in [0.25, 0.3) is 11.8 Å². The number of aromatic nitrogens is 8. The molecule has 84 heavy (non-hydrogen) atoms. The van der Waals surface area contributed by atoms with Crippen LogP contribution in [-0.4, -0.2) is 171 Å². The van der Waals surface area contributed by atoms with E-state index < -0.39 is 112 Å². The van der Waals surface area contributed by atoms with E-state index in [2.05, 4.69) is 40.5 Å². The Labute approximate surface area is 484 Å². The Morgan fingerprint density at radius 2 is 1.37 bits per heavy atom. The van der Waals surface area contributed by atoms with E-state index in [4.69, 9.17) is 66.4 Å². The SMILES string of the molecule is CN(CCOC(=O)Nc1ncnc2c1ncn2[C@@H]1O[C@@H]2COP(O)(=S)O[C@H]3[C@@H](F)[C@H](n4cnc5c(N)ncnc54)O[C@@H]3COP(O)(=S)O[C@H]2[C@H]1F)C(=O)OCc1ccc(NC(=O)[C@H](CC(=O)CCN2C(=O)C=CC2=O)Cc2ccccc2)cc1. The van der Waals surface area contributed by atoms with E-state index in [0.29, 0.717) is 11.3 Å². The number of likely N-dealkylation sites (N-methyl/N-ethyl adjacent to an activating group) is 1. The fraction of sp³-hybridized carbons (Fsp3) is 0.388. The first-order valence-electron chi connectivity index (χ1n) is 25.5. The standard InChI is InChI=1S/C49H51F2N13O16P2S2/c1-61(49(70)74-19-27-7-9-29(10-8-27)59-45(68)28(17-26-5-3-2-4-6-26)18-30(65)13-14-62-33(66)11-12-34(62)67)15-16-73-48(69)60-42-38-44(56-23-54-42)64(25-58-38)47-36(51)40-32(78-47)21-76-81(71,83)79-39-31(20-75-82(72,84)80-40)77-46(35(39)50)63-24-57-37-41(52)53-22-55-43(37)63/h2-12,22-25,28,31-32,35-36,39-40,46-47H,13-21H2,1H3,(H,59,68)(H,71,83)(H,72,84)(H2,52,53,55)(H,54,56,60,69)/t28-,31+,32+,35+,36+,39+,40+,46+,47+,81?,82?/m0/s1. The third-order valence-corrected chi connectivity index (χ3v) is 16.7. The zero-order chi connectivity index (χ0) is 59.5. The summed E-state index contributed by atoms with van der Waals surface area (Å²) in [7, 11) is 1.42. The molecular formula is C49H51F2N13O16P2S2. The molecule has 3 saturated heterocycles. The number of halogens is 2. The van der Waals surface area contributed by atoms with Crippen LogP contribution < -0.4 is 16.4 Å². The van der Waals surface area contributed by atoms with Gasteiger partial charge in [0.1, 0.15) is 61.6 Å². The molecule has 3 fully saturated rings. The van der Waals surface area contributed by atoms with Gasteiger partial charge in [0.2, 0.25) is 5.91 Å². The second-order valence-electron chi connectivity index (χ2n) is 19.3. The number of nitrogens with two attached hydrogens (primary N) is 1. The van der Waals surface area contributed by atoms with Crippen LogP contribution in [0.5, 0.6) is 0 Å². The van der Waals surface area contributed by atoms with Gasteiger partial charge < -0.3 is 53.7 Å². The van der Waals surface area contributed by atoms with Crippen LogP contribution in [0.3, 0.4) is 0 Å². The van der Waals surface area contributed by atoms with Gasteiger partial charge >= 0.3 is 25.6 Å². The van der Waals surface area contributed by atoms with E-state index in [1.54, 1.807) is 24.3 Å². The summed E-state index contributed by atoms with van der Waals surface area (Å²) in [6.45, 7) is -10.9. The number of fused-ring (bicyclic) bond motifs is 4. The zero-order valence-electron chi connectivity index (χ0n) is 43.8. The predicted molar refractivity (Wildman–Crippen MR) is 294 cm³/mol. The quantitative estimate of drug-likeness (QED) is 0.0639. The maximum Gasteiger partial charge on any atom is 0.412 e. The molecule has 8 heterocycles. The number of carbonyl (C=O) groups excluding carboxylic acids is 6. The third kappa shape index (κ3) is 13.8. The number of carbonyl (C=O) groups is 6. The molecule has 6 aromatic rings. The van der Waals surface area contributed by atoms with Crippen molar-refractivity contribution in [3.8, 4) is 0 Å². The van der Waals surface area contributed by atoms with Gasteiger partial charge in [-0.2, -0.15) is 0 Å². The highest BCUT2D eigenvalue weighted by Crippen LogP contribution is 2.55. The molecule has 35 heteroatoms. The van der Waals surface area contributed by atoms with Crippen LogP contribution in [0.25, 0.3) is 22.3 Å². The lowest BCUT2D eigenvalue weighted by Gasteiger charge is -2.29. The Bertz CT molecular complexity index is 3600. The Balaban J connectivity index is 0.694. The van der Waals surface area contributed by atoms with Crippen LogP contribution in [0.1, 0.15) is 36.4 Å². The third-order valence-electron chi connectivity index (χ3n) is 13.6. The Morgan fingerprint density at radius 3 is 1.99 bits per heavy atom. The highest BCUT2D eigenvalue weighted by Gasteiger charge is 2.54. The number of benzene rings is 2. The van der Waals surface area contributed by atoms with E-state index in [-0.39, 0.29) is 85.3 Å². The second-order valence-corrected chi connectivity index (χ2v) is 24.9. The average molecular weight is 1240 g/mol. The largest absolute Gasteiger partial charge is 0.447 e. The number of alkyl halides is 2. The smallest absolute Gasteiger partial charge is 0.412 e. The molecule has 4 aliphatic heterocycles. The van der Waals surface area contributed by atoms with Gasteiger partial charge in [-0.1, -0.05) is 42.5 Å². The number of anilines is 3. The summed E-state index contributed by atoms with van der Waals surface area (Å²) in [5.41, 5.74) is 7.88. The van der Waals surface area contributed by atoms with Gasteiger partial charge in [0.15, 0.2) is 53.2 Å². The van der Waals surface area contributed by atoms with Gasteiger partial charge in [-0.3, -0.25) is 47.6 Å². The number of imidazole rings is 2. The minimum absolute atomic E-state index is 0.0195. The number of ketones is 1. The number of nitrogens with zero attached hydrogens (tertiary/aromatic N) is 10. The fourth-order valence-electron chi connectivity index (χ4n) is 9.35. The molecule has 11 atom stereocenters. The van der Waals surface area contributed by atoms with Crippen LogP contribution in [0, 0.1) is 5.92 Å². The first-order valence-corrected chi connectivity index (χ1v) is 30.7. The van der Waals surface area contributed by atoms with Crippen LogP contribution >= 0.6 is 13.4 Å². The second kappa shape index (κ2) is 25.5. The number of amides is 5. The molecule has 4 aromatic heterocycles. The molecule has 2 unspecified atom stereocenters. The van der Waals surface area contributed by atoms with Crippen molar-refractivity contribution in [1.82, 2.24) is 48.8 Å². The number of rotatable bonds is 17. The molecule has 0 spiro atoms. The number of ether oxygens (including phenoxy) is 4. The molecule has 4 aliphatic rings. The van der Waals surface area contributed by atoms with E-state index >= 15 is 8.78 Å². The molecule has 5 amide bonds. The molecule has 2 aromatic carbocycles. The van der Waals surface area contributed by atoms with Crippen molar-refractivity contribution in [2.75, 3.05) is 56.3 Å². The fourth-order valence-corrected chi connectivity index (χ4v) is 12.2. The van der Waals surface area contributed by atoms with Gasteiger partial charge in [-0.15, -0.1) is 0 Å². The maximum atomic E-state index is 16.7. The average Bonchev–Trinajstić information content (AvgIpc) is 3.80. The Hall–Kier alpha value is -7.26. The molecule has 0 bridgehead atoms. The molecule has 444 valence electrons. The first-order chi connectivity index (χ1) is 40.2. The molecule has 6 N–H and O–H groups in total. The first kappa shape index (κ1) is 59.9. The van der Waals surface area contributed by atoms with E-state index in [0.717, 1.165) is 51.1 Å². The summed E-state index contributed by atoms with van der Waals surface area (Å²) in [6.07, 6.45) is -8.58. The maximum absolute atomic E-state index is 16.7. The van der Waals surface area contributed by atoms with Crippen molar-refractivity contribution >= 4 is 112 Å². The lowest BCUT2D eigenvalue weighted by atomic mass is 9.92. The minimum Gasteiger partial charge on any atom is -0.447 e. The lowest BCUT2D eigenvalue weighted by Crippen LogP contribution is -2.37. The van der Waals surface area contributed by atoms with E-state index in [1.807, 2.05) is 30.3 Å².